The second kappa shape index (κ2) is 8.84. The zero-order chi connectivity index (χ0) is 24.0. The molecule has 1 aliphatic carbocycles. The maximum atomic E-state index is 13.5. The quantitative estimate of drug-likeness (QED) is 0.582. The van der Waals surface area contributed by atoms with E-state index < -0.39 is 17.6 Å². The first kappa shape index (κ1) is 23.1. The van der Waals surface area contributed by atoms with Crippen molar-refractivity contribution in [3.8, 4) is 0 Å². The normalized spacial score (nSPS) is 28.1. The molecule has 1 saturated heterocycles. The van der Waals surface area contributed by atoms with Crippen molar-refractivity contribution < 1.29 is 19.7 Å². The molecule has 180 valence electrons. The lowest BCUT2D eigenvalue weighted by Gasteiger charge is -2.50. The largest absolute Gasteiger partial charge is 0.469 e. The molecule has 0 saturated carbocycles. The van der Waals surface area contributed by atoms with E-state index in [0.29, 0.717) is 32.5 Å². The lowest BCUT2D eigenvalue weighted by Crippen LogP contribution is -2.59. The Labute approximate surface area is 200 Å². The summed E-state index contributed by atoms with van der Waals surface area (Å²) in [6.45, 7) is 3.66. The molecule has 5 atom stereocenters. The number of rotatable bonds is 4. The number of piperidine rings is 1. The summed E-state index contributed by atoms with van der Waals surface area (Å²) in [5, 5.41) is 23.5. The van der Waals surface area contributed by atoms with E-state index in [-0.39, 0.29) is 17.8 Å². The fourth-order valence-corrected chi connectivity index (χ4v) is 6.69. The topological polar surface area (TPSA) is 74.9 Å². The Morgan fingerprint density at radius 2 is 1.88 bits per heavy atom. The molecule has 6 nitrogen and oxygen atoms in total. The molecule has 2 unspecified atom stereocenters. The van der Waals surface area contributed by atoms with E-state index in [0.717, 1.165) is 27.7 Å². The summed E-state index contributed by atoms with van der Waals surface area (Å²) < 4.78 is 7.63. The van der Waals surface area contributed by atoms with Crippen molar-refractivity contribution in [2.45, 2.75) is 38.5 Å². The number of carbonyl (C=O) groups is 1. The minimum Gasteiger partial charge on any atom is -0.469 e. The smallest absolute Gasteiger partial charge is 0.313 e. The molecule has 1 aromatic heterocycles. The minimum absolute atomic E-state index is 0.134. The molecule has 0 spiro atoms. The van der Waals surface area contributed by atoms with Crippen LogP contribution in [0.15, 0.2) is 54.6 Å². The molecule has 0 amide bonds. The number of hydrogen-bond acceptors (Lipinski definition) is 5. The molecule has 2 aromatic carbocycles. The van der Waals surface area contributed by atoms with Crippen LogP contribution in [0, 0.1) is 17.3 Å². The van der Waals surface area contributed by atoms with Gasteiger partial charge in [0.1, 0.15) is 0 Å². The Morgan fingerprint density at radius 1 is 1.18 bits per heavy atom. The van der Waals surface area contributed by atoms with Crippen LogP contribution in [0.4, 0.5) is 0 Å². The van der Waals surface area contributed by atoms with E-state index in [1.807, 2.05) is 37.4 Å². The number of nitrogens with zero attached hydrogens (tertiary/aromatic N) is 2. The SMILES string of the molecule is COC(=O)[C@]12Cc3c(n(Cc4ccccc4)c4ccccc34)C(O)C[C@H]1[C@@H](C(C)O)CN(C)C2. The predicted molar refractivity (Wildman–Crippen MR) is 131 cm³/mol. The molecule has 34 heavy (non-hydrogen) atoms. The van der Waals surface area contributed by atoms with Crippen LogP contribution in [-0.4, -0.2) is 59.0 Å². The highest BCUT2D eigenvalue weighted by molar-refractivity contribution is 5.88. The summed E-state index contributed by atoms with van der Waals surface area (Å²) in [7, 11) is 3.44. The lowest BCUT2D eigenvalue weighted by atomic mass is 9.61. The molecule has 0 bridgehead atoms. The Kier molecular flexibility index (Phi) is 6.00. The molecular weight excluding hydrogens is 428 g/mol. The highest BCUT2D eigenvalue weighted by Gasteiger charge is 2.57. The zero-order valence-electron chi connectivity index (χ0n) is 20.1. The number of likely N-dealkylation sites (tertiary alicyclic amines) is 1. The van der Waals surface area contributed by atoms with Crippen molar-refractivity contribution in [1.29, 1.82) is 0 Å². The van der Waals surface area contributed by atoms with Gasteiger partial charge in [-0.15, -0.1) is 0 Å². The van der Waals surface area contributed by atoms with E-state index in [2.05, 4.69) is 33.7 Å². The van der Waals surface area contributed by atoms with Crippen LogP contribution in [-0.2, 0) is 22.5 Å². The third kappa shape index (κ3) is 3.65. The molecule has 6 heteroatoms. The van der Waals surface area contributed by atoms with Crippen molar-refractivity contribution in [2.75, 3.05) is 27.2 Å². The molecule has 0 radical (unpaired) electrons. The first-order valence-corrected chi connectivity index (χ1v) is 12.1. The van der Waals surface area contributed by atoms with Gasteiger partial charge in [0.25, 0.3) is 0 Å². The van der Waals surface area contributed by atoms with E-state index >= 15 is 0 Å². The van der Waals surface area contributed by atoms with Crippen LogP contribution in [0.25, 0.3) is 10.9 Å². The monoisotopic (exact) mass is 462 g/mol. The Bertz CT molecular complexity index is 1190. The number of hydrogen-bond donors (Lipinski definition) is 2. The molecule has 1 aliphatic heterocycles. The number of aliphatic hydroxyl groups excluding tert-OH is 2. The number of carbonyl (C=O) groups excluding carboxylic acids is 1. The van der Waals surface area contributed by atoms with Crippen molar-refractivity contribution in [3.63, 3.8) is 0 Å². The second-order valence-corrected chi connectivity index (χ2v) is 10.2. The van der Waals surface area contributed by atoms with Crippen LogP contribution < -0.4 is 0 Å². The van der Waals surface area contributed by atoms with Crippen molar-refractivity contribution in [2.24, 2.45) is 17.3 Å². The van der Waals surface area contributed by atoms with Gasteiger partial charge in [-0.3, -0.25) is 4.79 Å². The van der Waals surface area contributed by atoms with Crippen molar-refractivity contribution in [3.05, 3.63) is 71.4 Å². The standard InChI is InChI=1S/C28H34N2O4/c1-18(31)22-16-29(2)17-28(27(33)34-3)14-21-20-11-7-8-12-24(20)30(15-19-9-5-4-6-10-19)26(21)25(32)13-23(22)28/h4-12,18,22-23,25,31-32H,13-17H2,1-3H3/t18?,22-,23+,25?,28+/m1/s1. The summed E-state index contributed by atoms with van der Waals surface area (Å²) in [6.07, 6.45) is -0.444. The zero-order valence-corrected chi connectivity index (χ0v) is 20.1. The van der Waals surface area contributed by atoms with Gasteiger partial charge >= 0.3 is 5.97 Å². The number of esters is 1. The molecular formula is C28H34N2O4. The average molecular weight is 463 g/mol. The summed E-state index contributed by atoms with van der Waals surface area (Å²) in [5.41, 5.74) is 3.28. The number of aliphatic hydroxyl groups is 2. The predicted octanol–water partition coefficient (Wildman–Crippen LogP) is 3.39. The second-order valence-electron chi connectivity index (χ2n) is 10.2. The lowest BCUT2D eigenvalue weighted by molar-refractivity contribution is -0.168. The summed E-state index contributed by atoms with van der Waals surface area (Å²) in [6, 6.07) is 18.5. The Hall–Kier alpha value is -2.67. The summed E-state index contributed by atoms with van der Waals surface area (Å²) >= 11 is 0. The van der Waals surface area contributed by atoms with E-state index in [1.165, 1.54) is 7.11 Å². The molecule has 5 rings (SSSR count). The molecule has 2 N–H and O–H groups in total. The van der Waals surface area contributed by atoms with Gasteiger partial charge in [-0.2, -0.15) is 0 Å². The fraction of sp³-hybridized carbons (Fsp3) is 0.464. The van der Waals surface area contributed by atoms with Crippen LogP contribution in [0.1, 0.15) is 36.3 Å². The molecule has 2 heterocycles. The number of fused-ring (bicyclic) bond motifs is 4. The van der Waals surface area contributed by atoms with Gasteiger partial charge in [0.2, 0.25) is 0 Å². The maximum Gasteiger partial charge on any atom is 0.313 e. The number of benzene rings is 2. The van der Waals surface area contributed by atoms with Gasteiger partial charge in [0.05, 0.1) is 30.4 Å². The fourth-order valence-electron chi connectivity index (χ4n) is 6.69. The highest BCUT2D eigenvalue weighted by atomic mass is 16.5. The van der Waals surface area contributed by atoms with Gasteiger partial charge in [-0.05, 0) is 49.9 Å². The van der Waals surface area contributed by atoms with Crippen molar-refractivity contribution in [1.82, 2.24) is 9.47 Å². The van der Waals surface area contributed by atoms with E-state index in [1.54, 1.807) is 6.92 Å². The van der Waals surface area contributed by atoms with Gasteiger partial charge in [0, 0.05) is 36.5 Å². The Morgan fingerprint density at radius 3 is 2.59 bits per heavy atom. The number of methoxy groups -OCH3 is 1. The van der Waals surface area contributed by atoms with E-state index in [9.17, 15) is 15.0 Å². The van der Waals surface area contributed by atoms with Gasteiger partial charge in [0.15, 0.2) is 0 Å². The first-order valence-electron chi connectivity index (χ1n) is 12.1. The van der Waals surface area contributed by atoms with E-state index in [4.69, 9.17) is 4.74 Å². The van der Waals surface area contributed by atoms with Crippen LogP contribution in [0.3, 0.4) is 0 Å². The summed E-state index contributed by atoms with van der Waals surface area (Å²) in [4.78, 5) is 15.7. The Balaban J connectivity index is 1.72. The third-order valence-corrected chi connectivity index (χ3v) is 8.10. The number of para-hydroxylation sites is 1. The van der Waals surface area contributed by atoms with Crippen molar-refractivity contribution >= 4 is 16.9 Å². The van der Waals surface area contributed by atoms with Crippen LogP contribution >= 0.6 is 0 Å². The summed E-state index contributed by atoms with van der Waals surface area (Å²) in [5.74, 6) is -0.581. The van der Waals surface area contributed by atoms with Gasteiger partial charge in [-0.25, -0.2) is 0 Å². The van der Waals surface area contributed by atoms with Crippen LogP contribution in [0.2, 0.25) is 0 Å². The first-order chi connectivity index (χ1) is 16.4. The maximum absolute atomic E-state index is 13.5. The van der Waals surface area contributed by atoms with Gasteiger partial charge in [-0.1, -0.05) is 48.5 Å². The number of ether oxygens (including phenoxy) is 1. The number of aromatic nitrogens is 1. The highest BCUT2D eigenvalue weighted by Crippen LogP contribution is 2.52. The van der Waals surface area contributed by atoms with Crippen LogP contribution in [0.5, 0.6) is 0 Å². The molecule has 1 fully saturated rings. The molecule has 2 aliphatic rings. The third-order valence-electron chi connectivity index (χ3n) is 8.10. The van der Waals surface area contributed by atoms with Gasteiger partial charge < -0.3 is 24.4 Å². The molecule has 3 aromatic rings. The average Bonchev–Trinajstić information content (AvgIpc) is 3.05. The minimum atomic E-state index is -0.836.